The van der Waals surface area contributed by atoms with E-state index in [0.29, 0.717) is 6.04 Å². The smallest absolute Gasteiger partial charge is 0.110 e. The second kappa shape index (κ2) is 4.33. The monoisotopic (exact) mass is 208 g/mol. The van der Waals surface area contributed by atoms with Gasteiger partial charge in [0.1, 0.15) is 5.82 Å². The predicted molar refractivity (Wildman–Crippen MR) is 60.0 cm³/mol. The Bertz CT molecular complexity index is 320. The number of aryl methyl sites for hydroxylation is 1. The van der Waals surface area contributed by atoms with Gasteiger partial charge in [-0.25, -0.2) is 4.98 Å². The summed E-state index contributed by atoms with van der Waals surface area (Å²) in [5.74, 6) is 8.28. The Labute approximate surface area is 90.8 Å². The Morgan fingerprint density at radius 1 is 1.73 bits per heavy atom. The van der Waals surface area contributed by atoms with Crippen molar-refractivity contribution in [1.82, 2.24) is 15.0 Å². The fourth-order valence-electron chi connectivity index (χ4n) is 2.26. The summed E-state index contributed by atoms with van der Waals surface area (Å²) < 4.78 is 2.18. The number of hydrogen-bond donors (Lipinski definition) is 2. The zero-order chi connectivity index (χ0) is 10.8. The SMILES string of the molecule is CCn1ccnc1CC(NN)C1CC1C. The van der Waals surface area contributed by atoms with E-state index in [2.05, 4.69) is 28.8 Å². The van der Waals surface area contributed by atoms with Crippen LogP contribution in [0.3, 0.4) is 0 Å². The van der Waals surface area contributed by atoms with E-state index in [0.717, 1.165) is 30.6 Å². The van der Waals surface area contributed by atoms with Gasteiger partial charge >= 0.3 is 0 Å². The number of aromatic nitrogens is 2. The second-order valence-corrected chi connectivity index (χ2v) is 4.48. The van der Waals surface area contributed by atoms with Crippen molar-refractivity contribution in [2.24, 2.45) is 17.7 Å². The van der Waals surface area contributed by atoms with Gasteiger partial charge in [-0.1, -0.05) is 6.92 Å². The highest BCUT2D eigenvalue weighted by atomic mass is 15.2. The molecule has 1 saturated carbocycles. The Hall–Kier alpha value is -0.870. The molecule has 0 bridgehead atoms. The minimum atomic E-state index is 0.382. The lowest BCUT2D eigenvalue weighted by Crippen LogP contribution is -2.39. The number of hydrogen-bond acceptors (Lipinski definition) is 3. The molecule has 1 aromatic heterocycles. The number of nitrogens with zero attached hydrogens (tertiary/aromatic N) is 2. The molecular weight excluding hydrogens is 188 g/mol. The highest BCUT2D eigenvalue weighted by Gasteiger charge is 2.39. The number of rotatable bonds is 5. The highest BCUT2D eigenvalue weighted by Crippen LogP contribution is 2.41. The van der Waals surface area contributed by atoms with Gasteiger partial charge in [0, 0.05) is 31.4 Å². The molecule has 0 aliphatic heterocycles. The van der Waals surface area contributed by atoms with Crippen LogP contribution in [0.1, 0.15) is 26.1 Å². The molecule has 0 aromatic carbocycles. The summed E-state index contributed by atoms with van der Waals surface area (Å²) in [4.78, 5) is 4.38. The Balaban J connectivity index is 2.00. The second-order valence-electron chi connectivity index (χ2n) is 4.48. The minimum Gasteiger partial charge on any atom is -0.335 e. The minimum absolute atomic E-state index is 0.382. The van der Waals surface area contributed by atoms with Crippen LogP contribution in [0.15, 0.2) is 12.4 Å². The quantitative estimate of drug-likeness (QED) is 0.559. The first-order chi connectivity index (χ1) is 7.26. The fraction of sp³-hybridized carbons (Fsp3) is 0.727. The summed E-state index contributed by atoms with van der Waals surface area (Å²) in [5.41, 5.74) is 2.93. The van der Waals surface area contributed by atoms with E-state index in [-0.39, 0.29) is 0 Å². The predicted octanol–water partition coefficient (Wildman–Crippen LogP) is 0.933. The lowest BCUT2D eigenvalue weighted by Gasteiger charge is -2.15. The molecule has 1 aromatic rings. The van der Waals surface area contributed by atoms with Gasteiger partial charge in [-0.05, 0) is 25.2 Å². The van der Waals surface area contributed by atoms with Crippen molar-refractivity contribution in [2.45, 2.75) is 39.3 Å². The van der Waals surface area contributed by atoms with Gasteiger partial charge in [-0.15, -0.1) is 0 Å². The van der Waals surface area contributed by atoms with E-state index in [1.54, 1.807) is 0 Å². The van der Waals surface area contributed by atoms with Crippen LogP contribution in [0, 0.1) is 11.8 Å². The zero-order valence-electron chi connectivity index (χ0n) is 9.48. The first kappa shape index (κ1) is 10.6. The molecule has 1 aliphatic carbocycles. The molecule has 0 amide bonds. The van der Waals surface area contributed by atoms with Crippen molar-refractivity contribution >= 4 is 0 Å². The maximum atomic E-state index is 5.60. The maximum absolute atomic E-state index is 5.60. The van der Waals surface area contributed by atoms with Crippen LogP contribution in [0.5, 0.6) is 0 Å². The number of nitrogens with two attached hydrogens (primary N) is 1. The van der Waals surface area contributed by atoms with Crippen molar-refractivity contribution in [3.8, 4) is 0 Å². The van der Waals surface area contributed by atoms with Crippen molar-refractivity contribution in [3.63, 3.8) is 0 Å². The molecule has 84 valence electrons. The Morgan fingerprint density at radius 3 is 3.00 bits per heavy atom. The third-order valence-electron chi connectivity index (χ3n) is 3.45. The molecule has 3 atom stereocenters. The van der Waals surface area contributed by atoms with Crippen LogP contribution in [0.4, 0.5) is 0 Å². The van der Waals surface area contributed by atoms with E-state index >= 15 is 0 Å². The molecule has 1 aliphatic rings. The van der Waals surface area contributed by atoms with E-state index in [1.165, 1.54) is 6.42 Å². The third-order valence-corrected chi connectivity index (χ3v) is 3.45. The molecule has 0 saturated heterocycles. The summed E-state index contributed by atoms with van der Waals surface area (Å²) in [6.45, 7) is 5.39. The number of nitrogens with one attached hydrogen (secondary N) is 1. The van der Waals surface area contributed by atoms with Crippen LogP contribution in [-0.2, 0) is 13.0 Å². The molecule has 2 rings (SSSR count). The van der Waals surface area contributed by atoms with Gasteiger partial charge in [0.15, 0.2) is 0 Å². The summed E-state index contributed by atoms with van der Waals surface area (Å²) >= 11 is 0. The molecule has 3 unspecified atom stereocenters. The van der Waals surface area contributed by atoms with Crippen molar-refractivity contribution in [3.05, 3.63) is 18.2 Å². The van der Waals surface area contributed by atoms with E-state index in [4.69, 9.17) is 5.84 Å². The van der Waals surface area contributed by atoms with Crippen molar-refractivity contribution in [1.29, 1.82) is 0 Å². The van der Waals surface area contributed by atoms with Crippen LogP contribution < -0.4 is 11.3 Å². The van der Waals surface area contributed by atoms with Gasteiger partial charge < -0.3 is 4.57 Å². The molecule has 3 N–H and O–H groups in total. The van der Waals surface area contributed by atoms with Crippen LogP contribution in [0.25, 0.3) is 0 Å². The zero-order valence-corrected chi connectivity index (χ0v) is 9.48. The van der Waals surface area contributed by atoms with Crippen molar-refractivity contribution in [2.75, 3.05) is 0 Å². The van der Waals surface area contributed by atoms with Crippen LogP contribution in [-0.4, -0.2) is 15.6 Å². The topological polar surface area (TPSA) is 55.9 Å². The largest absolute Gasteiger partial charge is 0.335 e. The average Bonchev–Trinajstić information content (AvgIpc) is 2.81. The lowest BCUT2D eigenvalue weighted by molar-refractivity contribution is 0.439. The third kappa shape index (κ3) is 2.21. The maximum Gasteiger partial charge on any atom is 0.110 e. The molecule has 0 radical (unpaired) electrons. The van der Waals surface area contributed by atoms with Gasteiger partial charge in [0.25, 0.3) is 0 Å². The fourth-order valence-corrected chi connectivity index (χ4v) is 2.26. The van der Waals surface area contributed by atoms with Crippen LogP contribution in [0.2, 0.25) is 0 Å². The summed E-state index contributed by atoms with van der Waals surface area (Å²) in [6, 6.07) is 0.382. The average molecular weight is 208 g/mol. The highest BCUT2D eigenvalue weighted by molar-refractivity contribution is 5.00. The van der Waals surface area contributed by atoms with Gasteiger partial charge in [0.05, 0.1) is 0 Å². The normalized spacial score (nSPS) is 26.6. The first-order valence-corrected chi connectivity index (χ1v) is 5.72. The molecule has 0 spiro atoms. The Morgan fingerprint density at radius 2 is 2.47 bits per heavy atom. The van der Waals surface area contributed by atoms with Crippen LogP contribution >= 0.6 is 0 Å². The van der Waals surface area contributed by atoms with Gasteiger partial charge in [-0.3, -0.25) is 11.3 Å². The number of hydrazine groups is 1. The standard InChI is InChI=1S/C11H20N4/c1-3-15-5-4-13-11(15)7-10(14-12)9-6-8(9)2/h4-5,8-10,14H,3,6-7,12H2,1-2H3. The Kier molecular flexibility index (Phi) is 3.07. The summed E-state index contributed by atoms with van der Waals surface area (Å²) in [6.07, 6.45) is 6.12. The first-order valence-electron chi connectivity index (χ1n) is 5.72. The van der Waals surface area contributed by atoms with Crippen molar-refractivity contribution < 1.29 is 0 Å². The molecular formula is C11H20N4. The lowest BCUT2D eigenvalue weighted by atomic mass is 10.1. The van der Waals surface area contributed by atoms with E-state index in [9.17, 15) is 0 Å². The molecule has 4 heteroatoms. The summed E-state index contributed by atoms with van der Waals surface area (Å²) in [7, 11) is 0. The summed E-state index contributed by atoms with van der Waals surface area (Å²) in [5, 5.41) is 0. The molecule has 1 fully saturated rings. The molecule has 4 nitrogen and oxygen atoms in total. The van der Waals surface area contributed by atoms with E-state index in [1.807, 2.05) is 12.4 Å². The van der Waals surface area contributed by atoms with E-state index < -0.39 is 0 Å². The van der Waals surface area contributed by atoms with Gasteiger partial charge in [-0.2, -0.15) is 0 Å². The van der Waals surface area contributed by atoms with Gasteiger partial charge in [0.2, 0.25) is 0 Å². The molecule has 15 heavy (non-hydrogen) atoms. The molecule has 1 heterocycles. The number of imidazole rings is 1.